The van der Waals surface area contributed by atoms with Gasteiger partial charge in [0.1, 0.15) is 0 Å². The third-order valence-corrected chi connectivity index (χ3v) is 5.15. The van der Waals surface area contributed by atoms with Crippen LogP contribution in [0.2, 0.25) is 0 Å². The summed E-state index contributed by atoms with van der Waals surface area (Å²) in [5.41, 5.74) is 4.71. The molecule has 19 heavy (non-hydrogen) atoms. The third kappa shape index (κ3) is 2.55. The molecule has 3 rings (SSSR count). The van der Waals surface area contributed by atoms with Crippen LogP contribution in [0.25, 0.3) is 22.2 Å². The maximum absolute atomic E-state index is 4.51. The van der Waals surface area contributed by atoms with E-state index in [0.29, 0.717) is 0 Å². The Morgan fingerprint density at radius 1 is 1.26 bits per heavy atom. The molecule has 0 aliphatic carbocycles. The first-order chi connectivity index (χ1) is 9.19. The number of pyridine rings is 1. The first-order valence-electron chi connectivity index (χ1n) is 5.72. The fraction of sp³-hybridized carbons (Fsp3) is 0.0714. The standard InChI is InChI=1S/C14H10BrIN2S/c1-9-2-4-10(5-3-9)13-8-18(19-16)14-12(13)6-11(15)7-17-14/h2-8H,1H3. The zero-order chi connectivity index (χ0) is 13.4. The Hall–Kier alpha value is -0.530. The molecule has 0 radical (unpaired) electrons. The summed E-state index contributed by atoms with van der Waals surface area (Å²) in [6.07, 6.45) is 3.98. The van der Waals surface area contributed by atoms with Crippen molar-refractivity contribution in [2.75, 3.05) is 0 Å². The molecule has 0 N–H and O–H groups in total. The van der Waals surface area contributed by atoms with Crippen molar-refractivity contribution in [1.29, 1.82) is 0 Å². The van der Waals surface area contributed by atoms with Gasteiger partial charge in [0.15, 0.2) is 5.65 Å². The van der Waals surface area contributed by atoms with Crippen LogP contribution in [0.3, 0.4) is 0 Å². The second kappa shape index (κ2) is 5.46. The SMILES string of the molecule is Cc1ccc(-c2cn(SI)c3ncc(Br)cc23)cc1. The summed E-state index contributed by atoms with van der Waals surface area (Å²) in [6.45, 7) is 2.10. The number of rotatable bonds is 2. The Morgan fingerprint density at radius 2 is 2.00 bits per heavy atom. The van der Waals surface area contributed by atoms with Crippen LogP contribution in [-0.2, 0) is 0 Å². The fourth-order valence-corrected chi connectivity index (χ4v) is 3.66. The van der Waals surface area contributed by atoms with Crippen molar-refractivity contribution in [2.45, 2.75) is 6.92 Å². The largest absolute Gasteiger partial charge is 0.265 e. The van der Waals surface area contributed by atoms with Gasteiger partial charge in [-0.1, -0.05) is 29.8 Å². The van der Waals surface area contributed by atoms with E-state index in [1.807, 2.05) is 6.20 Å². The third-order valence-electron chi connectivity index (χ3n) is 3.02. The van der Waals surface area contributed by atoms with Crippen molar-refractivity contribution < 1.29 is 0 Å². The van der Waals surface area contributed by atoms with Gasteiger partial charge in [-0.3, -0.25) is 3.97 Å². The van der Waals surface area contributed by atoms with Crippen molar-refractivity contribution in [3.63, 3.8) is 0 Å². The minimum absolute atomic E-state index is 0.998. The average Bonchev–Trinajstić information content (AvgIpc) is 2.77. The Labute approximate surface area is 136 Å². The maximum atomic E-state index is 4.51. The van der Waals surface area contributed by atoms with Crippen molar-refractivity contribution in [1.82, 2.24) is 8.96 Å². The zero-order valence-corrected chi connectivity index (χ0v) is 14.7. The number of hydrogen-bond acceptors (Lipinski definition) is 2. The number of hydrogen-bond donors (Lipinski definition) is 0. The average molecular weight is 445 g/mol. The number of aromatic nitrogens is 2. The molecule has 0 aliphatic heterocycles. The summed E-state index contributed by atoms with van der Waals surface area (Å²) >= 11 is 5.78. The first-order valence-corrected chi connectivity index (χ1v) is 9.82. The lowest BCUT2D eigenvalue weighted by molar-refractivity contribution is 1.26. The molecule has 96 valence electrons. The van der Waals surface area contributed by atoms with Crippen LogP contribution in [0.1, 0.15) is 5.56 Å². The highest BCUT2D eigenvalue weighted by Crippen LogP contribution is 2.34. The second-order valence-corrected chi connectivity index (χ2v) is 6.96. The lowest BCUT2D eigenvalue weighted by Crippen LogP contribution is -1.82. The molecule has 0 bridgehead atoms. The number of halogens is 2. The van der Waals surface area contributed by atoms with E-state index >= 15 is 0 Å². The molecule has 0 fully saturated rings. The zero-order valence-electron chi connectivity index (χ0n) is 10.1. The second-order valence-electron chi connectivity index (χ2n) is 4.33. The van der Waals surface area contributed by atoms with Crippen LogP contribution >= 0.6 is 46.3 Å². The van der Waals surface area contributed by atoms with Gasteiger partial charge >= 0.3 is 0 Å². The van der Waals surface area contributed by atoms with Gasteiger partial charge in [0, 0.05) is 58.1 Å². The van der Waals surface area contributed by atoms with Gasteiger partial charge in [-0.15, -0.1) is 0 Å². The maximum Gasteiger partial charge on any atom is 0.151 e. The fourth-order valence-electron chi connectivity index (χ4n) is 2.07. The number of aryl methyl sites for hydroxylation is 1. The van der Waals surface area contributed by atoms with Gasteiger partial charge in [0.2, 0.25) is 0 Å². The Balaban J connectivity index is 2.28. The number of nitrogens with zero attached hydrogens (tertiary/aromatic N) is 2. The monoisotopic (exact) mass is 444 g/mol. The summed E-state index contributed by atoms with van der Waals surface area (Å²) in [5, 5.41) is 1.17. The van der Waals surface area contributed by atoms with Crippen LogP contribution in [0.15, 0.2) is 47.2 Å². The molecule has 0 unspecified atom stereocenters. The molecule has 2 aromatic heterocycles. The minimum Gasteiger partial charge on any atom is -0.265 e. The van der Waals surface area contributed by atoms with Crippen molar-refractivity contribution in [2.24, 2.45) is 0 Å². The molecular formula is C14H10BrIN2S. The number of fused-ring (bicyclic) bond motifs is 1. The highest BCUT2D eigenvalue weighted by atomic mass is 127. The molecule has 0 atom stereocenters. The van der Waals surface area contributed by atoms with Gasteiger partial charge < -0.3 is 0 Å². The van der Waals surface area contributed by atoms with E-state index in [2.05, 4.69) is 89.5 Å². The Morgan fingerprint density at radius 3 is 2.68 bits per heavy atom. The molecule has 0 aliphatic rings. The summed E-state index contributed by atoms with van der Waals surface area (Å²) in [6, 6.07) is 10.7. The lowest BCUT2D eigenvalue weighted by atomic mass is 10.0. The van der Waals surface area contributed by atoms with Gasteiger partial charge in [-0.2, -0.15) is 0 Å². The van der Waals surface area contributed by atoms with E-state index in [9.17, 15) is 0 Å². The van der Waals surface area contributed by atoms with E-state index in [1.54, 1.807) is 9.12 Å². The molecule has 0 spiro atoms. The van der Waals surface area contributed by atoms with E-state index in [-0.39, 0.29) is 0 Å². The number of benzene rings is 1. The molecule has 1 aromatic carbocycles. The van der Waals surface area contributed by atoms with Crippen molar-refractivity contribution >= 4 is 57.3 Å². The van der Waals surface area contributed by atoms with Crippen LogP contribution in [-0.4, -0.2) is 8.96 Å². The molecular weight excluding hydrogens is 435 g/mol. The summed E-state index contributed by atoms with van der Waals surface area (Å²) in [5.74, 6) is 0. The molecule has 0 saturated heterocycles. The minimum atomic E-state index is 0.998. The molecule has 3 aromatic rings. The first kappa shape index (κ1) is 13.5. The molecule has 0 amide bonds. The molecule has 2 nitrogen and oxygen atoms in total. The van der Waals surface area contributed by atoms with Crippen LogP contribution < -0.4 is 0 Å². The van der Waals surface area contributed by atoms with Gasteiger partial charge in [0.25, 0.3) is 0 Å². The van der Waals surface area contributed by atoms with E-state index in [0.717, 1.165) is 10.1 Å². The van der Waals surface area contributed by atoms with E-state index < -0.39 is 0 Å². The van der Waals surface area contributed by atoms with Crippen LogP contribution in [0, 0.1) is 6.92 Å². The summed E-state index contributed by atoms with van der Waals surface area (Å²) in [4.78, 5) is 4.51. The van der Waals surface area contributed by atoms with Gasteiger partial charge in [-0.25, -0.2) is 4.98 Å². The summed E-state index contributed by atoms with van der Waals surface area (Å²) in [7, 11) is 1.63. The van der Waals surface area contributed by atoms with E-state index in [4.69, 9.17) is 0 Å². The van der Waals surface area contributed by atoms with Gasteiger partial charge in [-0.05, 0) is 34.5 Å². The molecule has 2 heterocycles. The summed E-state index contributed by atoms with van der Waals surface area (Å²) < 4.78 is 3.10. The predicted molar refractivity (Wildman–Crippen MR) is 94.6 cm³/mol. The quantitative estimate of drug-likeness (QED) is 0.477. The van der Waals surface area contributed by atoms with Crippen molar-refractivity contribution in [3.05, 3.63) is 52.8 Å². The lowest BCUT2D eigenvalue weighted by Gasteiger charge is -2.00. The topological polar surface area (TPSA) is 17.8 Å². The van der Waals surface area contributed by atoms with Gasteiger partial charge in [0.05, 0.1) is 0 Å². The highest BCUT2D eigenvalue weighted by Gasteiger charge is 2.11. The highest BCUT2D eigenvalue weighted by molar-refractivity contribution is 14.2. The van der Waals surface area contributed by atoms with Crippen LogP contribution in [0.4, 0.5) is 0 Å². The normalized spacial score (nSPS) is 11.1. The Kier molecular flexibility index (Phi) is 3.86. The van der Waals surface area contributed by atoms with E-state index in [1.165, 1.54) is 22.1 Å². The molecule has 0 saturated carbocycles. The van der Waals surface area contributed by atoms with Crippen molar-refractivity contribution in [3.8, 4) is 11.1 Å². The smallest absolute Gasteiger partial charge is 0.151 e. The Bertz CT molecular complexity index is 737. The molecule has 5 heteroatoms. The predicted octanol–water partition coefficient (Wildman–Crippen LogP) is 5.62. The van der Waals surface area contributed by atoms with Crippen LogP contribution in [0.5, 0.6) is 0 Å².